The van der Waals surface area contributed by atoms with E-state index in [-0.39, 0.29) is 0 Å². The molecule has 2 nitrogen and oxygen atoms in total. The second kappa shape index (κ2) is 8.51. The average molecular weight is 269 g/mol. The Balaban J connectivity index is 0.000000205. The Kier molecular flexibility index (Phi) is 6.28. The first-order chi connectivity index (χ1) is 9.88. The molecule has 1 heterocycles. The van der Waals surface area contributed by atoms with Gasteiger partial charge in [0.25, 0.3) is 0 Å². The van der Waals surface area contributed by atoms with E-state index in [1.807, 2.05) is 66.7 Å². The van der Waals surface area contributed by atoms with E-state index in [2.05, 4.69) is 4.90 Å². The van der Waals surface area contributed by atoms with Gasteiger partial charge in [-0.2, -0.15) is 0 Å². The van der Waals surface area contributed by atoms with Crippen LogP contribution in [-0.4, -0.2) is 23.1 Å². The zero-order valence-corrected chi connectivity index (χ0v) is 11.9. The van der Waals surface area contributed by atoms with Gasteiger partial charge in [-0.05, 0) is 18.4 Å². The summed E-state index contributed by atoms with van der Waals surface area (Å²) in [5.74, 6) is 0. The van der Waals surface area contributed by atoms with Crippen LogP contribution in [0, 0.1) is 0 Å². The van der Waals surface area contributed by atoms with E-state index in [1.54, 1.807) is 0 Å². The molecule has 0 amide bonds. The zero-order chi connectivity index (χ0) is 14.0. The second-order valence-corrected chi connectivity index (χ2v) is 5.04. The molecular weight excluding hydrogens is 246 g/mol. The Hall–Kier alpha value is -1.64. The molecule has 20 heavy (non-hydrogen) atoms. The molecule has 106 valence electrons. The third-order valence-corrected chi connectivity index (χ3v) is 3.50. The predicted molar refractivity (Wildman–Crippen MR) is 83.3 cm³/mol. The molecule has 2 aromatic rings. The fraction of sp³-hybridized carbons (Fsp3) is 0.333. The number of hydrogen-bond acceptors (Lipinski definition) is 2. The lowest BCUT2D eigenvalue weighted by Crippen LogP contribution is -2.33. The van der Waals surface area contributed by atoms with Crippen LogP contribution in [-0.2, 0) is 0 Å². The average Bonchev–Trinajstić information content (AvgIpc) is 2.58. The standard InChI is InChI=1S/C12H17NO.C6H6/c14-12(11-7-3-1-4-8-11)13-9-5-2-6-10-13;1-2-4-6-5-3-1/h1,3-4,7-8,12,14H,2,5-6,9-10H2;1-6H. The van der Waals surface area contributed by atoms with E-state index in [0.717, 1.165) is 18.7 Å². The number of piperidine rings is 1. The zero-order valence-electron chi connectivity index (χ0n) is 11.9. The Bertz CT molecular complexity index is 425. The van der Waals surface area contributed by atoms with Crippen molar-refractivity contribution < 1.29 is 5.11 Å². The van der Waals surface area contributed by atoms with E-state index >= 15 is 0 Å². The predicted octanol–water partition coefficient (Wildman–Crippen LogP) is 3.85. The number of hydrogen-bond donors (Lipinski definition) is 1. The fourth-order valence-corrected chi connectivity index (χ4v) is 2.38. The van der Waals surface area contributed by atoms with Crippen LogP contribution >= 0.6 is 0 Å². The molecule has 0 aromatic heterocycles. The third-order valence-electron chi connectivity index (χ3n) is 3.50. The number of rotatable bonds is 2. The first kappa shape index (κ1) is 14.8. The molecule has 3 rings (SSSR count). The SMILES string of the molecule is OC(c1ccccc1)N1CCCCC1.c1ccccc1. The molecule has 0 spiro atoms. The highest BCUT2D eigenvalue weighted by molar-refractivity contribution is 5.16. The molecule has 0 radical (unpaired) electrons. The van der Waals surface area contributed by atoms with Crippen LogP contribution in [0.2, 0.25) is 0 Å². The summed E-state index contributed by atoms with van der Waals surface area (Å²) in [6.45, 7) is 2.05. The summed E-state index contributed by atoms with van der Waals surface area (Å²) in [6, 6.07) is 21.9. The highest BCUT2D eigenvalue weighted by atomic mass is 16.3. The highest BCUT2D eigenvalue weighted by Crippen LogP contribution is 2.21. The summed E-state index contributed by atoms with van der Waals surface area (Å²) in [7, 11) is 0. The molecule has 0 bridgehead atoms. The number of benzene rings is 2. The van der Waals surface area contributed by atoms with Gasteiger partial charge in [0.05, 0.1) is 0 Å². The van der Waals surface area contributed by atoms with Crippen molar-refractivity contribution in [1.82, 2.24) is 4.90 Å². The van der Waals surface area contributed by atoms with E-state index in [9.17, 15) is 5.11 Å². The van der Waals surface area contributed by atoms with Gasteiger partial charge in [0, 0.05) is 13.1 Å². The lowest BCUT2D eigenvalue weighted by Gasteiger charge is -2.31. The maximum Gasteiger partial charge on any atom is 0.133 e. The van der Waals surface area contributed by atoms with Crippen LogP contribution in [0.15, 0.2) is 66.7 Å². The topological polar surface area (TPSA) is 23.5 Å². The van der Waals surface area contributed by atoms with Gasteiger partial charge in [-0.1, -0.05) is 73.2 Å². The van der Waals surface area contributed by atoms with Gasteiger partial charge in [0.1, 0.15) is 6.23 Å². The monoisotopic (exact) mass is 269 g/mol. The van der Waals surface area contributed by atoms with E-state index in [0.29, 0.717) is 0 Å². The number of likely N-dealkylation sites (tertiary alicyclic amines) is 1. The van der Waals surface area contributed by atoms with Gasteiger partial charge >= 0.3 is 0 Å². The Morgan fingerprint density at radius 2 is 1.15 bits per heavy atom. The first-order valence-electron chi connectivity index (χ1n) is 7.35. The van der Waals surface area contributed by atoms with Gasteiger partial charge in [0.15, 0.2) is 0 Å². The largest absolute Gasteiger partial charge is 0.374 e. The molecule has 1 saturated heterocycles. The Labute approximate surface area is 121 Å². The van der Waals surface area contributed by atoms with Gasteiger partial charge in [-0.15, -0.1) is 0 Å². The minimum absolute atomic E-state index is 0.406. The van der Waals surface area contributed by atoms with Gasteiger partial charge in [0.2, 0.25) is 0 Å². The number of nitrogens with zero attached hydrogens (tertiary/aromatic N) is 1. The molecular formula is C18H23NO. The fourth-order valence-electron chi connectivity index (χ4n) is 2.38. The summed E-state index contributed by atoms with van der Waals surface area (Å²) in [4.78, 5) is 2.15. The molecule has 0 aliphatic carbocycles. The molecule has 1 atom stereocenters. The second-order valence-electron chi connectivity index (χ2n) is 5.04. The van der Waals surface area contributed by atoms with Gasteiger partial charge in [-0.25, -0.2) is 0 Å². The van der Waals surface area contributed by atoms with Crippen molar-refractivity contribution in [2.24, 2.45) is 0 Å². The quantitative estimate of drug-likeness (QED) is 0.895. The van der Waals surface area contributed by atoms with Crippen molar-refractivity contribution in [2.75, 3.05) is 13.1 Å². The normalized spacial score (nSPS) is 16.9. The Morgan fingerprint density at radius 1 is 0.700 bits per heavy atom. The maximum atomic E-state index is 10.1. The van der Waals surface area contributed by atoms with Gasteiger partial charge in [-0.3, -0.25) is 4.90 Å². The maximum absolute atomic E-state index is 10.1. The van der Waals surface area contributed by atoms with Crippen LogP contribution in [0.5, 0.6) is 0 Å². The lowest BCUT2D eigenvalue weighted by atomic mass is 10.1. The van der Waals surface area contributed by atoms with E-state index in [4.69, 9.17) is 0 Å². The summed E-state index contributed by atoms with van der Waals surface area (Å²) < 4.78 is 0. The minimum atomic E-state index is -0.406. The molecule has 1 aliphatic rings. The lowest BCUT2D eigenvalue weighted by molar-refractivity contribution is -0.00982. The molecule has 0 saturated carbocycles. The highest BCUT2D eigenvalue weighted by Gasteiger charge is 2.18. The summed E-state index contributed by atoms with van der Waals surface area (Å²) >= 11 is 0. The molecule has 1 fully saturated rings. The summed E-state index contributed by atoms with van der Waals surface area (Å²) in [6.07, 6.45) is 3.32. The smallest absolute Gasteiger partial charge is 0.133 e. The molecule has 1 aliphatic heterocycles. The van der Waals surface area contributed by atoms with Crippen LogP contribution in [0.4, 0.5) is 0 Å². The summed E-state index contributed by atoms with van der Waals surface area (Å²) in [5, 5.41) is 10.1. The number of aliphatic hydroxyl groups excluding tert-OH is 1. The van der Waals surface area contributed by atoms with Gasteiger partial charge < -0.3 is 5.11 Å². The van der Waals surface area contributed by atoms with Crippen molar-refractivity contribution in [2.45, 2.75) is 25.5 Å². The Morgan fingerprint density at radius 3 is 1.65 bits per heavy atom. The van der Waals surface area contributed by atoms with Crippen molar-refractivity contribution in [3.63, 3.8) is 0 Å². The van der Waals surface area contributed by atoms with Crippen molar-refractivity contribution in [1.29, 1.82) is 0 Å². The molecule has 2 heteroatoms. The van der Waals surface area contributed by atoms with E-state index in [1.165, 1.54) is 19.3 Å². The summed E-state index contributed by atoms with van der Waals surface area (Å²) in [5.41, 5.74) is 1.01. The molecule has 1 unspecified atom stereocenters. The van der Waals surface area contributed by atoms with Crippen molar-refractivity contribution in [3.8, 4) is 0 Å². The molecule has 1 N–H and O–H groups in total. The third kappa shape index (κ3) is 4.80. The molecule has 2 aromatic carbocycles. The number of aliphatic hydroxyl groups is 1. The van der Waals surface area contributed by atoms with Crippen molar-refractivity contribution in [3.05, 3.63) is 72.3 Å². The van der Waals surface area contributed by atoms with Crippen LogP contribution in [0.1, 0.15) is 31.1 Å². The van der Waals surface area contributed by atoms with Crippen LogP contribution < -0.4 is 0 Å². The first-order valence-corrected chi connectivity index (χ1v) is 7.35. The van der Waals surface area contributed by atoms with Crippen molar-refractivity contribution >= 4 is 0 Å². The minimum Gasteiger partial charge on any atom is -0.374 e. The van der Waals surface area contributed by atoms with Crippen LogP contribution in [0.3, 0.4) is 0 Å². The van der Waals surface area contributed by atoms with E-state index < -0.39 is 6.23 Å². The van der Waals surface area contributed by atoms with Crippen LogP contribution in [0.25, 0.3) is 0 Å².